The maximum atomic E-state index is 8.80. The molecule has 2 rings (SSSR count). The Morgan fingerprint density at radius 1 is 1.43 bits per heavy atom. The average Bonchev–Trinajstić information content (AvgIpc) is 2.49. The molecule has 114 valence electrons. The topological polar surface area (TPSA) is 41.9 Å². The fourth-order valence-corrected chi connectivity index (χ4v) is 2.53. The van der Waals surface area contributed by atoms with Crippen LogP contribution in [0.3, 0.4) is 0 Å². The van der Waals surface area contributed by atoms with Gasteiger partial charge in [0.15, 0.2) is 0 Å². The van der Waals surface area contributed by atoms with Gasteiger partial charge in [-0.05, 0) is 32.0 Å². The highest BCUT2D eigenvalue weighted by Crippen LogP contribution is 2.24. The van der Waals surface area contributed by atoms with E-state index in [1.54, 1.807) is 7.11 Å². The minimum Gasteiger partial charge on any atom is -0.496 e. The molecule has 0 saturated carbocycles. The summed E-state index contributed by atoms with van der Waals surface area (Å²) in [5, 5.41) is 8.80. The van der Waals surface area contributed by atoms with Crippen LogP contribution in [0.25, 0.3) is 0 Å². The van der Waals surface area contributed by atoms with Gasteiger partial charge in [0.1, 0.15) is 12.4 Å². The minimum absolute atomic E-state index is 0.126. The molecular weight excluding hydrogens is 266 g/mol. The Hall–Kier alpha value is -1.54. The summed E-state index contributed by atoms with van der Waals surface area (Å²) >= 11 is 0. The van der Waals surface area contributed by atoms with E-state index in [2.05, 4.69) is 30.6 Å². The van der Waals surface area contributed by atoms with E-state index in [1.165, 1.54) is 0 Å². The van der Waals surface area contributed by atoms with E-state index in [0.29, 0.717) is 6.04 Å². The van der Waals surface area contributed by atoms with Crippen molar-refractivity contribution < 1.29 is 14.6 Å². The molecule has 0 amide bonds. The number of benzene rings is 1. The third kappa shape index (κ3) is 4.21. The maximum Gasteiger partial charge on any atom is 0.123 e. The lowest BCUT2D eigenvalue weighted by Crippen LogP contribution is -2.46. The van der Waals surface area contributed by atoms with Crippen molar-refractivity contribution in [3.63, 3.8) is 0 Å². The van der Waals surface area contributed by atoms with Gasteiger partial charge < -0.3 is 14.6 Å². The van der Waals surface area contributed by atoms with Crippen molar-refractivity contribution in [1.82, 2.24) is 4.90 Å². The zero-order chi connectivity index (χ0) is 15.2. The molecule has 0 aromatic heterocycles. The summed E-state index contributed by atoms with van der Waals surface area (Å²) in [7, 11) is 1.68. The molecule has 1 aliphatic heterocycles. The fourth-order valence-electron chi connectivity index (χ4n) is 2.53. The zero-order valence-electron chi connectivity index (χ0n) is 12.9. The van der Waals surface area contributed by atoms with E-state index < -0.39 is 0 Å². The highest BCUT2D eigenvalue weighted by molar-refractivity contribution is 5.44. The first-order chi connectivity index (χ1) is 10.1. The molecule has 1 saturated heterocycles. The average molecular weight is 289 g/mol. The SMILES string of the molecule is COc1ccc(C#CCO)cc1CN1CC(C)OCC1C. The summed E-state index contributed by atoms with van der Waals surface area (Å²) in [6.45, 7) is 6.63. The van der Waals surface area contributed by atoms with Crippen LogP contribution in [-0.2, 0) is 11.3 Å². The Balaban J connectivity index is 2.20. The molecule has 0 radical (unpaired) electrons. The highest BCUT2D eigenvalue weighted by Gasteiger charge is 2.24. The van der Waals surface area contributed by atoms with Gasteiger partial charge in [0.2, 0.25) is 0 Å². The molecule has 2 unspecified atom stereocenters. The minimum atomic E-state index is -0.126. The van der Waals surface area contributed by atoms with Gasteiger partial charge in [-0.3, -0.25) is 4.90 Å². The summed E-state index contributed by atoms with van der Waals surface area (Å²) in [6.07, 6.45) is 0.254. The Bertz CT molecular complexity index is 533. The van der Waals surface area contributed by atoms with Crippen molar-refractivity contribution in [2.24, 2.45) is 0 Å². The van der Waals surface area contributed by atoms with Crippen LogP contribution in [-0.4, -0.2) is 49.0 Å². The van der Waals surface area contributed by atoms with Crippen LogP contribution in [0.4, 0.5) is 0 Å². The van der Waals surface area contributed by atoms with Gasteiger partial charge in [0, 0.05) is 30.3 Å². The molecule has 1 aromatic rings. The lowest BCUT2D eigenvalue weighted by molar-refractivity contribution is -0.0528. The first-order valence-electron chi connectivity index (χ1n) is 7.26. The van der Waals surface area contributed by atoms with E-state index in [0.717, 1.165) is 36.6 Å². The molecule has 0 bridgehead atoms. The Morgan fingerprint density at radius 3 is 2.95 bits per heavy atom. The summed E-state index contributed by atoms with van der Waals surface area (Å²) < 4.78 is 11.1. The van der Waals surface area contributed by atoms with Gasteiger partial charge in [-0.15, -0.1) is 0 Å². The summed E-state index contributed by atoms with van der Waals surface area (Å²) in [5.74, 6) is 6.50. The monoisotopic (exact) mass is 289 g/mol. The van der Waals surface area contributed by atoms with Crippen molar-refractivity contribution in [2.75, 3.05) is 26.9 Å². The molecule has 2 atom stereocenters. The molecule has 1 N–H and O–H groups in total. The third-order valence-electron chi connectivity index (χ3n) is 3.70. The summed E-state index contributed by atoms with van der Waals surface area (Å²) in [4.78, 5) is 2.40. The van der Waals surface area contributed by atoms with Gasteiger partial charge in [-0.25, -0.2) is 0 Å². The Labute approximate surface area is 126 Å². The lowest BCUT2D eigenvalue weighted by Gasteiger charge is -2.37. The Morgan fingerprint density at radius 2 is 2.24 bits per heavy atom. The molecule has 0 spiro atoms. The van der Waals surface area contributed by atoms with E-state index >= 15 is 0 Å². The number of ether oxygens (including phenoxy) is 2. The smallest absolute Gasteiger partial charge is 0.123 e. The number of hydrogen-bond acceptors (Lipinski definition) is 4. The highest BCUT2D eigenvalue weighted by atomic mass is 16.5. The predicted octanol–water partition coefficient (Wildman–Crippen LogP) is 1.65. The summed E-state index contributed by atoms with van der Waals surface area (Å²) in [5.41, 5.74) is 2.01. The van der Waals surface area contributed by atoms with Crippen molar-refractivity contribution >= 4 is 0 Å². The second-order valence-electron chi connectivity index (χ2n) is 5.41. The van der Waals surface area contributed by atoms with Crippen LogP contribution in [0, 0.1) is 11.8 Å². The number of hydrogen-bond donors (Lipinski definition) is 1. The van der Waals surface area contributed by atoms with Crippen molar-refractivity contribution in [1.29, 1.82) is 0 Å². The van der Waals surface area contributed by atoms with Gasteiger partial charge in [-0.2, -0.15) is 0 Å². The number of rotatable bonds is 3. The van der Waals surface area contributed by atoms with Crippen LogP contribution in [0.15, 0.2) is 18.2 Å². The second kappa shape index (κ2) is 7.46. The largest absolute Gasteiger partial charge is 0.496 e. The van der Waals surface area contributed by atoms with E-state index in [4.69, 9.17) is 14.6 Å². The quantitative estimate of drug-likeness (QED) is 0.859. The predicted molar refractivity (Wildman–Crippen MR) is 82.2 cm³/mol. The standard InChI is InChI=1S/C17H23NO3/c1-13-12-21-14(2)10-18(13)11-16-9-15(5-4-8-19)6-7-17(16)20-3/h6-7,9,13-14,19H,8,10-12H2,1-3H3. The van der Waals surface area contributed by atoms with Crippen LogP contribution < -0.4 is 4.74 Å². The number of aliphatic hydroxyl groups is 1. The van der Waals surface area contributed by atoms with E-state index in [1.807, 2.05) is 18.2 Å². The van der Waals surface area contributed by atoms with Gasteiger partial charge in [-0.1, -0.05) is 11.8 Å². The fraction of sp³-hybridized carbons (Fsp3) is 0.529. The molecule has 21 heavy (non-hydrogen) atoms. The number of nitrogens with zero attached hydrogens (tertiary/aromatic N) is 1. The third-order valence-corrected chi connectivity index (χ3v) is 3.70. The van der Waals surface area contributed by atoms with E-state index in [9.17, 15) is 0 Å². The van der Waals surface area contributed by atoms with Gasteiger partial charge >= 0.3 is 0 Å². The number of methoxy groups -OCH3 is 1. The summed E-state index contributed by atoms with van der Waals surface area (Å²) in [6, 6.07) is 6.27. The normalized spacial score (nSPS) is 22.5. The van der Waals surface area contributed by atoms with Gasteiger partial charge in [0.05, 0.1) is 19.8 Å². The second-order valence-corrected chi connectivity index (χ2v) is 5.41. The number of aliphatic hydroxyl groups excluding tert-OH is 1. The van der Waals surface area contributed by atoms with Crippen LogP contribution in [0.2, 0.25) is 0 Å². The first-order valence-corrected chi connectivity index (χ1v) is 7.26. The zero-order valence-corrected chi connectivity index (χ0v) is 12.9. The molecule has 1 aliphatic rings. The van der Waals surface area contributed by atoms with Crippen LogP contribution in [0.1, 0.15) is 25.0 Å². The van der Waals surface area contributed by atoms with E-state index in [-0.39, 0.29) is 12.7 Å². The lowest BCUT2D eigenvalue weighted by atomic mass is 10.1. The first kappa shape index (κ1) is 15.8. The van der Waals surface area contributed by atoms with Crippen LogP contribution in [0.5, 0.6) is 5.75 Å². The van der Waals surface area contributed by atoms with Crippen LogP contribution >= 0.6 is 0 Å². The molecule has 4 heteroatoms. The van der Waals surface area contributed by atoms with Crippen molar-refractivity contribution in [3.8, 4) is 17.6 Å². The molecule has 1 fully saturated rings. The van der Waals surface area contributed by atoms with Crippen molar-refractivity contribution in [3.05, 3.63) is 29.3 Å². The molecule has 1 aromatic carbocycles. The molecule has 4 nitrogen and oxygen atoms in total. The molecule has 0 aliphatic carbocycles. The Kier molecular flexibility index (Phi) is 5.63. The maximum absolute atomic E-state index is 8.80. The molecule has 1 heterocycles. The number of morpholine rings is 1. The van der Waals surface area contributed by atoms with Gasteiger partial charge in [0.25, 0.3) is 0 Å². The van der Waals surface area contributed by atoms with Crippen molar-refractivity contribution in [2.45, 2.75) is 32.5 Å². The molecular formula is C17H23NO3.